The molecule has 0 spiro atoms. The Morgan fingerprint density at radius 3 is 2.61 bits per heavy atom. The highest BCUT2D eigenvalue weighted by Crippen LogP contribution is 2.17. The predicted octanol–water partition coefficient (Wildman–Crippen LogP) is 1.61. The van der Waals surface area contributed by atoms with Crippen LogP contribution in [0.5, 0.6) is 5.75 Å². The third kappa shape index (κ3) is 6.64. The van der Waals surface area contributed by atoms with Crippen LogP contribution in [0.25, 0.3) is 0 Å². The van der Waals surface area contributed by atoms with Crippen molar-refractivity contribution in [1.82, 2.24) is 5.32 Å². The highest BCUT2D eigenvalue weighted by atomic mass is 16.7. The zero-order valence-electron chi connectivity index (χ0n) is 16.4. The van der Waals surface area contributed by atoms with Crippen molar-refractivity contribution in [2.24, 2.45) is 5.16 Å². The highest BCUT2D eigenvalue weighted by molar-refractivity contribution is 6.46. The minimum atomic E-state index is -0.678. The van der Waals surface area contributed by atoms with E-state index in [4.69, 9.17) is 9.57 Å². The maximum atomic E-state index is 12.5. The van der Waals surface area contributed by atoms with E-state index in [-0.39, 0.29) is 23.4 Å². The van der Waals surface area contributed by atoms with Gasteiger partial charge in [0.15, 0.2) is 12.0 Å². The van der Waals surface area contributed by atoms with Gasteiger partial charge in [-0.05, 0) is 25.1 Å². The Hall–Kier alpha value is -3.55. The quantitative estimate of drug-likeness (QED) is 0.164. The Labute approximate surface area is 163 Å². The summed E-state index contributed by atoms with van der Waals surface area (Å²) < 4.78 is 6.91. The average molecular weight is 386 g/mol. The lowest BCUT2D eigenvalue weighted by molar-refractivity contribution is -0.462. The van der Waals surface area contributed by atoms with E-state index in [0.717, 1.165) is 5.71 Å². The summed E-state index contributed by atoms with van der Waals surface area (Å²) in [5, 5.41) is 6.31. The molecule has 1 N–H and O–H groups in total. The summed E-state index contributed by atoms with van der Waals surface area (Å²) in [6.07, 6.45) is 5.54. The molecule has 1 aromatic carbocycles. The zero-order valence-corrected chi connectivity index (χ0v) is 16.4. The van der Waals surface area contributed by atoms with Gasteiger partial charge in [0.25, 0.3) is 0 Å². The number of carbonyl (C=O) groups is 3. The van der Waals surface area contributed by atoms with Crippen molar-refractivity contribution in [1.29, 1.82) is 0 Å². The van der Waals surface area contributed by atoms with Gasteiger partial charge in [0.2, 0.25) is 5.78 Å². The Morgan fingerprint density at radius 1 is 1.32 bits per heavy atom. The molecule has 0 aliphatic heterocycles. The summed E-state index contributed by atoms with van der Waals surface area (Å²) in [6, 6.07) is 4.46. The highest BCUT2D eigenvalue weighted by Gasteiger charge is 2.16. The predicted molar refractivity (Wildman–Crippen MR) is 106 cm³/mol. The first-order chi connectivity index (χ1) is 13.3. The van der Waals surface area contributed by atoms with Gasteiger partial charge in [-0.25, -0.2) is 9.37 Å². The number of rotatable bonds is 10. The van der Waals surface area contributed by atoms with Crippen molar-refractivity contribution in [3.63, 3.8) is 0 Å². The SMILES string of the molecule is C=CC(/C=C\NCC(=O)O/N=C(\C)C(=O)c1cc(OC)ccc1C=O)=[N+](C)C. The van der Waals surface area contributed by atoms with Gasteiger partial charge in [-0.3, -0.25) is 9.59 Å². The first-order valence-electron chi connectivity index (χ1n) is 8.33. The summed E-state index contributed by atoms with van der Waals surface area (Å²) in [5.74, 6) is -0.802. The van der Waals surface area contributed by atoms with Crippen LogP contribution in [0.4, 0.5) is 0 Å². The molecule has 0 fully saturated rings. The minimum Gasteiger partial charge on any atom is -0.497 e. The van der Waals surface area contributed by atoms with Crippen molar-refractivity contribution < 1.29 is 28.5 Å². The molecule has 0 heterocycles. The van der Waals surface area contributed by atoms with Gasteiger partial charge in [0.05, 0.1) is 7.11 Å². The molecule has 1 rings (SSSR count). The van der Waals surface area contributed by atoms with Crippen molar-refractivity contribution in [2.75, 3.05) is 27.7 Å². The molecule has 28 heavy (non-hydrogen) atoms. The van der Waals surface area contributed by atoms with Gasteiger partial charge in [-0.2, -0.15) is 0 Å². The van der Waals surface area contributed by atoms with Crippen molar-refractivity contribution in [3.05, 3.63) is 54.3 Å². The molecular weight excluding hydrogens is 362 g/mol. The summed E-state index contributed by atoms with van der Waals surface area (Å²) in [6.45, 7) is 4.93. The molecule has 0 radical (unpaired) electrons. The molecule has 0 unspecified atom stereocenters. The van der Waals surface area contributed by atoms with Crippen LogP contribution < -0.4 is 10.1 Å². The van der Waals surface area contributed by atoms with Gasteiger partial charge in [-0.1, -0.05) is 11.7 Å². The van der Waals surface area contributed by atoms with E-state index in [1.54, 1.807) is 24.4 Å². The summed E-state index contributed by atoms with van der Waals surface area (Å²) in [5.41, 5.74) is 1.08. The molecule has 0 saturated carbocycles. The Balaban J connectivity index is 2.72. The van der Waals surface area contributed by atoms with E-state index in [9.17, 15) is 14.4 Å². The second-order valence-corrected chi connectivity index (χ2v) is 5.78. The molecule has 148 valence electrons. The molecule has 1 aromatic rings. The number of allylic oxidation sites excluding steroid dienone is 2. The largest absolute Gasteiger partial charge is 0.497 e. The van der Waals surface area contributed by atoms with Crippen molar-refractivity contribution in [2.45, 2.75) is 6.92 Å². The maximum absolute atomic E-state index is 12.5. The van der Waals surface area contributed by atoms with Crippen LogP contribution in [0, 0.1) is 0 Å². The molecule has 0 saturated heterocycles. The molecular formula is C20H24N3O5+. The van der Waals surface area contributed by atoms with Gasteiger partial charge >= 0.3 is 5.97 Å². The van der Waals surface area contributed by atoms with Crippen LogP contribution in [-0.2, 0) is 9.63 Å². The number of ketones is 1. The number of carbonyl (C=O) groups excluding carboxylic acids is 3. The van der Waals surface area contributed by atoms with Gasteiger partial charge in [0.1, 0.15) is 32.1 Å². The van der Waals surface area contributed by atoms with Gasteiger partial charge < -0.3 is 14.9 Å². The molecule has 0 amide bonds. The topological polar surface area (TPSA) is 97.1 Å². The number of nitrogens with one attached hydrogen (secondary N) is 1. The third-order valence-corrected chi connectivity index (χ3v) is 3.59. The van der Waals surface area contributed by atoms with Crippen LogP contribution in [0.15, 0.2) is 48.3 Å². The van der Waals surface area contributed by atoms with Crippen LogP contribution in [0.2, 0.25) is 0 Å². The fourth-order valence-electron chi connectivity index (χ4n) is 2.04. The van der Waals surface area contributed by atoms with E-state index in [2.05, 4.69) is 17.1 Å². The standard InChI is InChI=1S/C20H23N3O5/c1-6-16(23(3)4)9-10-21-12-19(25)28-22-14(2)20(26)18-11-17(27-5)8-7-15(18)13-24/h6-11,13H,1,12H2,2-5H3/p+1/b22-14+. The van der Waals surface area contributed by atoms with Crippen molar-refractivity contribution >= 4 is 29.5 Å². The smallest absolute Gasteiger partial charge is 0.353 e. The van der Waals surface area contributed by atoms with E-state index >= 15 is 0 Å². The van der Waals surface area contributed by atoms with E-state index < -0.39 is 11.8 Å². The lowest BCUT2D eigenvalue weighted by Gasteiger charge is -2.06. The normalized spacial score (nSPS) is 10.9. The first-order valence-corrected chi connectivity index (χ1v) is 8.33. The monoisotopic (exact) mass is 386 g/mol. The fourth-order valence-corrected chi connectivity index (χ4v) is 2.04. The Kier molecular flexibility index (Phi) is 9.02. The molecule has 0 atom stereocenters. The Morgan fingerprint density at radius 2 is 2.04 bits per heavy atom. The molecule has 8 nitrogen and oxygen atoms in total. The second kappa shape index (κ2) is 11.2. The number of ether oxygens (including phenoxy) is 1. The number of methoxy groups -OCH3 is 1. The van der Waals surface area contributed by atoms with Crippen molar-refractivity contribution in [3.8, 4) is 5.75 Å². The summed E-state index contributed by atoms with van der Waals surface area (Å²) >= 11 is 0. The average Bonchev–Trinajstić information content (AvgIpc) is 2.70. The molecule has 0 aliphatic rings. The van der Waals surface area contributed by atoms with Gasteiger partial charge in [-0.15, -0.1) is 0 Å². The third-order valence-electron chi connectivity index (χ3n) is 3.59. The van der Waals surface area contributed by atoms with Gasteiger partial charge in [0, 0.05) is 29.5 Å². The maximum Gasteiger partial charge on any atom is 0.353 e. The molecule has 0 aliphatic carbocycles. The van der Waals surface area contributed by atoms with Crippen LogP contribution in [-0.4, -0.2) is 61.8 Å². The first kappa shape index (κ1) is 22.5. The van der Waals surface area contributed by atoms with Crippen LogP contribution in [0.3, 0.4) is 0 Å². The lowest BCUT2D eigenvalue weighted by atomic mass is 10.0. The number of aldehydes is 1. The van der Waals surface area contributed by atoms with E-state index in [1.165, 1.54) is 26.2 Å². The minimum absolute atomic E-state index is 0.0740. The Bertz CT molecular complexity index is 849. The summed E-state index contributed by atoms with van der Waals surface area (Å²) in [7, 11) is 5.17. The number of Topliss-reactive ketones (excluding diaryl/α,β-unsaturated/α-hetero) is 1. The zero-order chi connectivity index (χ0) is 21.1. The lowest BCUT2D eigenvalue weighted by Crippen LogP contribution is -2.21. The summed E-state index contributed by atoms with van der Waals surface area (Å²) in [4.78, 5) is 40.1. The number of hydrogen-bond donors (Lipinski definition) is 1. The second-order valence-electron chi connectivity index (χ2n) is 5.78. The van der Waals surface area contributed by atoms with E-state index in [0.29, 0.717) is 12.0 Å². The number of hydrogen-bond acceptors (Lipinski definition) is 7. The number of oxime groups is 1. The molecule has 0 bridgehead atoms. The number of nitrogens with zero attached hydrogens (tertiary/aromatic N) is 2. The van der Waals surface area contributed by atoms with E-state index in [1.807, 2.05) is 18.7 Å². The molecule has 0 aromatic heterocycles. The molecule has 8 heteroatoms. The number of benzene rings is 1. The fraction of sp³-hybridized carbons (Fsp3) is 0.250. The van der Waals surface area contributed by atoms with Crippen LogP contribution in [0.1, 0.15) is 27.6 Å². The van der Waals surface area contributed by atoms with Crippen LogP contribution >= 0.6 is 0 Å².